The minimum absolute atomic E-state index is 0.0286. The minimum Gasteiger partial charge on any atom is -0.350 e. The molecule has 7 nitrogen and oxygen atoms in total. The Morgan fingerprint density at radius 1 is 1.15 bits per heavy atom. The lowest BCUT2D eigenvalue weighted by molar-refractivity contribution is 0.0950. The van der Waals surface area contributed by atoms with Gasteiger partial charge in [0.1, 0.15) is 17.0 Å². The van der Waals surface area contributed by atoms with Crippen LogP contribution >= 0.6 is 0 Å². The number of carbonyl (C=O) groups is 1. The first kappa shape index (κ1) is 16.0. The summed E-state index contributed by atoms with van der Waals surface area (Å²) in [5.41, 5.74) is 2.10. The van der Waals surface area contributed by atoms with E-state index in [-0.39, 0.29) is 11.1 Å². The fraction of sp³-hybridized carbons (Fsp3) is 0.158. The van der Waals surface area contributed by atoms with Crippen LogP contribution in [-0.2, 0) is 6.54 Å². The second-order valence-corrected chi connectivity index (χ2v) is 5.96. The Labute approximate surface area is 148 Å². The fourth-order valence-corrected chi connectivity index (χ4v) is 3.04. The predicted molar refractivity (Wildman–Crippen MR) is 98.3 cm³/mol. The first-order valence-electron chi connectivity index (χ1n) is 8.31. The number of pyridine rings is 1. The van der Waals surface area contributed by atoms with Crippen LogP contribution in [0.5, 0.6) is 0 Å². The smallest absolute Gasteiger partial charge is 0.270 e. The van der Waals surface area contributed by atoms with Gasteiger partial charge in [0, 0.05) is 25.5 Å². The Balaban J connectivity index is 1.52. The number of nitrogens with zero attached hydrogens (tertiary/aromatic N) is 4. The highest BCUT2D eigenvalue weighted by Crippen LogP contribution is 2.14. The highest BCUT2D eigenvalue weighted by Gasteiger charge is 2.13. The van der Waals surface area contributed by atoms with E-state index in [2.05, 4.69) is 15.3 Å². The molecule has 0 spiro atoms. The van der Waals surface area contributed by atoms with Crippen molar-refractivity contribution in [3.63, 3.8) is 0 Å². The van der Waals surface area contributed by atoms with Crippen LogP contribution in [-0.4, -0.2) is 31.4 Å². The molecule has 4 aromatic rings. The van der Waals surface area contributed by atoms with Gasteiger partial charge in [0.2, 0.25) is 0 Å². The van der Waals surface area contributed by atoms with Gasteiger partial charge >= 0.3 is 0 Å². The number of benzene rings is 1. The second kappa shape index (κ2) is 6.44. The van der Waals surface area contributed by atoms with Crippen molar-refractivity contribution in [1.29, 1.82) is 0 Å². The van der Waals surface area contributed by atoms with E-state index in [4.69, 9.17) is 0 Å². The topological polar surface area (TPSA) is 81.3 Å². The van der Waals surface area contributed by atoms with Crippen LogP contribution < -0.4 is 10.9 Å². The van der Waals surface area contributed by atoms with Crippen LogP contribution in [0.15, 0.2) is 59.7 Å². The van der Waals surface area contributed by atoms with Gasteiger partial charge in [-0.1, -0.05) is 18.2 Å². The van der Waals surface area contributed by atoms with Gasteiger partial charge in [0.05, 0.1) is 11.0 Å². The van der Waals surface area contributed by atoms with Crippen LogP contribution in [0.1, 0.15) is 16.2 Å². The van der Waals surface area contributed by atoms with E-state index in [9.17, 15) is 9.59 Å². The van der Waals surface area contributed by atoms with Gasteiger partial charge in [-0.25, -0.2) is 9.97 Å². The van der Waals surface area contributed by atoms with Gasteiger partial charge in [-0.2, -0.15) is 0 Å². The van der Waals surface area contributed by atoms with E-state index in [1.54, 1.807) is 24.4 Å². The van der Waals surface area contributed by atoms with Crippen molar-refractivity contribution in [3.8, 4) is 0 Å². The molecule has 0 saturated heterocycles. The molecule has 0 saturated carbocycles. The van der Waals surface area contributed by atoms with Gasteiger partial charge in [-0.05, 0) is 31.2 Å². The predicted octanol–water partition coefficient (Wildman–Crippen LogP) is 1.78. The van der Waals surface area contributed by atoms with Gasteiger partial charge in [-0.3, -0.25) is 14.0 Å². The first-order chi connectivity index (χ1) is 12.6. The Morgan fingerprint density at radius 3 is 2.85 bits per heavy atom. The highest BCUT2D eigenvalue weighted by molar-refractivity contribution is 5.93. The molecular formula is C19H17N5O2. The summed E-state index contributed by atoms with van der Waals surface area (Å²) < 4.78 is 3.41. The monoisotopic (exact) mass is 347 g/mol. The summed E-state index contributed by atoms with van der Waals surface area (Å²) >= 11 is 0. The number of aryl methyl sites for hydroxylation is 1. The Bertz CT molecular complexity index is 1180. The quantitative estimate of drug-likeness (QED) is 0.610. The summed E-state index contributed by atoms with van der Waals surface area (Å²) in [6.45, 7) is 2.89. The molecule has 0 fully saturated rings. The van der Waals surface area contributed by atoms with Crippen molar-refractivity contribution in [2.45, 2.75) is 13.5 Å². The number of hydrogen-bond donors (Lipinski definition) is 1. The third-order valence-corrected chi connectivity index (χ3v) is 4.32. The van der Waals surface area contributed by atoms with Gasteiger partial charge in [0.25, 0.3) is 11.5 Å². The maximum Gasteiger partial charge on any atom is 0.270 e. The molecule has 1 amide bonds. The van der Waals surface area contributed by atoms with Crippen LogP contribution in [0.4, 0.5) is 0 Å². The van der Waals surface area contributed by atoms with E-state index < -0.39 is 5.91 Å². The molecule has 0 atom stereocenters. The highest BCUT2D eigenvalue weighted by atomic mass is 16.2. The van der Waals surface area contributed by atoms with Crippen LogP contribution in [0, 0.1) is 6.92 Å². The molecule has 1 N–H and O–H groups in total. The summed E-state index contributed by atoms with van der Waals surface area (Å²) in [4.78, 5) is 33.5. The maximum absolute atomic E-state index is 12.4. The average Bonchev–Trinajstić information content (AvgIpc) is 2.97. The van der Waals surface area contributed by atoms with Crippen molar-refractivity contribution >= 4 is 22.6 Å². The number of carbonyl (C=O) groups excluding carboxylic acids is 1. The summed E-state index contributed by atoms with van der Waals surface area (Å²) in [7, 11) is 0. The van der Waals surface area contributed by atoms with Crippen molar-refractivity contribution in [3.05, 3.63) is 76.6 Å². The zero-order valence-corrected chi connectivity index (χ0v) is 14.2. The van der Waals surface area contributed by atoms with Crippen LogP contribution in [0.2, 0.25) is 0 Å². The lowest BCUT2D eigenvalue weighted by Crippen LogP contribution is -2.33. The molecule has 0 unspecified atom stereocenters. The zero-order valence-electron chi connectivity index (χ0n) is 14.2. The van der Waals surface area contributed by atoms with Gasteiger partial charge in [0.15, 0.2) is 0 Å². The standard InChI is InChI=1S/C19H17N5O2/c1-13-22-15-6-2-3-7-16(15)23(13)11-9-20-18(25)14-12-21-17-8-4-5-10-24(17)19(14)26/h2-8,10,12H,9,11H2,1H3,(H,20,25). The van der Waals surface area contributed by atoms with E-state index >= 15 is 0 Å². The van der Waals surface area contributed by atoms with Crippen molar-refractivity contribution in [2.24, 2.45) is 0 Å². The van der Waals surface area contributed by atoms with E-state index in [0.717, 1.165) is 16.9 Å². The molecule has 0 bridgehead atoms. The SMILES string of the molecule is Cc1nc2ccccc2n1CCNC(=O)c1cnc2ccccn2c1=O. The number of fused-ring (bicyclic) bond motifs is 2. The molecule has 4 rings (SSSR count). The van der Waals surface area contributed by atoms with Gasteiger partial charge < -0.3 is 9.88 Å². The third-order valence-electron chi connectivity index (χ3n) is 4.32. The lowest BCUT2D eigenvalue weighted by atomic mass is 10.3. The van der Waals surface area contributed by atoms with E-state index in [0.29, 0.717) is 18.7 Å². The Hall–Kier alpha value is -3.48. The number of amides is 1. The number of aromatic nitrogens is 4. The Kier molecular flexibility index (Phi) is 3.96. The largest absolute Gasteiger partial charge is 0.350 e. The minimum atomic E-state index is -0.428. The molecule has 0 aliphatic rings. The van der Waals surface area contributed by atoms with Crippen LogP contribution in [0.25, 0.3) is 16.7 Å². The molecule has 3 aromatic heterocycles. The van der Waals surface area contributed by atoms with Crippen molar-refractivity contribution in [2.75, 3.05) is 6.54 Å². The molecule has 26 heavy (non-hydrogen) atoms. The summed E-state index contributed by atoms with van der Waals surface area (Å²) in [6.07, 6.45) is 2.92. The third kappa shape index (κ3) is 2.73. The summed E-state index contributed by atoms with van der Waals surface area (Å²) in [5.74, 6) is 0.454. The normalized spacial score (nSPS) is 11.1. The number of rotatable bonds is 4. The van der Waals surface area contributed by atoms with E-state index in [1.165, 1.54) is 10.6 Å². The molecule has 130 valence electrons. The van der Waals surface area contributed by atoms with Gasteiger partial charge in [-0.15, -0.1) is 0 Å². The lowest BCUT2D eigenvalue weighted by Gasteiger charge is -2.09. The number of nitrogens with one attached hydrogen (secondary N) is 1. The summed E-state index contributed by atoms with van der Waals surface area (Å²) in [5, 5.41) is 2.79. The number of hydrogen-bond acceptors (Lipinski definition) is 4. The molecule has 0 aliphatic heterocycles. The van der Waals surface area contributed by atoms with Crippen molar-refractivity contribution in [1.82, 2.24) is 24.3 Å². The maximum atomic E-state index is 12.4. The Morgan fingerprint density at radius 2 is 1.96 bits per heavy atom. The summed E-state index contributed by atoms with van der Waals surface area (Å²) in [6, 6.07) is 13.1. The molecule has 0 aliphatic carbocycles. The number of imidazole rings is 1. The zero-order chi connectivity index (χ0) is 18.1. The first-order valence-corrected chi connectivity index (χ1v) is 8.31. The number of para-hydroxylation sites is 2. The molecule has 3 heterocycles. The molecule has 0 radical (unpaired) electrons. The van der Waals surface area contributed by atoms with Crippen LogP contribution in [0.3, 0.4) is 0 Å². The average molecular weight is 347 g/mol. The van der Waals surface area contributed by atoms with E-state index in [1.807, 2.05) is 35.8 Å². The second-order valence-electron chi connectivity index (χ2n) is 5.96. The molecule has 1 aromatic carbocycles. The van der Waals surface area contributed by atoms with Crippen molar-refractivity contribution < 1.29 is 4.79 Å². The molecular weight excluding hydrogens is 330 g/mol. The molecule has 7 heteroatoms. The fourth-order valence-electron chi connectivity index (χ4n) is 3.04.